The van der Waals surface area contributed by atoms with Gasteiger partial charge in [0.2, 0.25) is 0 Å². The molecule has 20 heavy (non-hydrogen) atoms. The Bertz CT molecular complexity index is 542. The van der Waals surface area contributed by atoms with Crippen LogP contribution in [0.1, 0.15) is 10.4 Å². The molecule has 1 aromatic heterocycles. The van der Waals surface area contributed by atoms with E-state index in [1.165, 1.54) is 0 Å². The van der Waals surface area contributed by atoms with Gasteiger partial charge in [0, 0.05) is 13.0 Å². The van der Waals surface area contributed by atoms with Gasteiger partial charge in [-0.1, -0.05) is 41.7 Å². The summed E-state index contributed by atoms with van der Waals surface area (Å²) in [5, 5.41) is 12.7. The van der Waals surface area contributed by atoms with E-state index in [1.54, 1.807) is 0 Å². The number of rotatable bonds is 5. The molecule has 0 aliphatic heterocycles. The summed E-state index contributed by atoms with van der Waals surface area (Å²) in [5.41, 5.74) is 0.969. The summed E-state index contributed by atoms with van der Waals surface area (Å²) in [5.74, 6) is 0. The predicted molar refractivity (Wildman–Crippen MR) is 71.8 cm³/mol. The molecule has 0 aliphatic rings. The maximum absolute atomic E-state index is 12.4. The third-order valence-electron chi connectivity index (χ3n) is 2.59. The summed E-state index contributed by atoms with van der Waals surface area (Å²) in [6.07, 6.45) is -3.84. The monoisotopic (exact) mass is 302 g/mol. The number of aromatic nitrogens is 1. The van der Waals surface area contributed by atoms with Crippen LogP contribution >= 0.6 is 11.3 Å². The van der Waals surface area contributed by atoms with Crippen molar-refractivity contribution in [2.75, 3.05) is 11.9 Å². The van der Waals surface area contributed by atoms with E-state index in [-0.39, 0.29) is 11.7 Å². The van der Waals surface area contributed by atoms with Gasteiger partial charge in [0.1, 0.15) is 4.88 Å². The molecule has 0 bridgehead atoms. The fraction of sp³-hybridized carbons (Fsp3) is 0.308. The first-order chi connectivity index (χ1) is 9.45. The molecule has 2 aromatic rings. The van der Waals surface area contributed by atoms with Crippen LogP contribution in [0.4, 0.5) is 18.3 Å². The molecular formula is C13H13F3N2OS. The van der Waals surface area contributed by atoms with Crippen molar-refractivity contribution in [1.82, 2.24) is 4.98 Å². The van der Waals surface area contributed by atoms with Gasteiger partial charge in [0.25, 0.3) is 0 Å². The molecule has 1 atom stereocenters. The van der Waals surface area contributed by atoms with Gasteiger partial charge in [-0.3, -0.25) is 0 Å². The van der Waals surface area contributed by atoms with Crippen LogP contribution in [0.15, 0.2) is 36.5 Å². The van der Waals surface area contributed by atoms with Gasteiger partial charge in [0.15, 0.2) is 5.13 Å². The summed E-state index contributed by atoms with van der Waals surface area (Å²) in [6.45, 7) is 0.152. The molecule has 2 rings (SSSR count). The average Bonchev–Trinajstić information content (AvgIpc) is 2.86. The van der Waals surface area contributed by atoms with Crippen LogP contribution in [0.3, 0.4) is 0 Å². The van der Waals surface area contributed by atoms with Crippen LogP contribution in [0, 0.1) is 0 Å². The van der Waals surface area contributed by atoms with E-state index in [0.717, 1.165) is 11.8 Å². The number of hydrogen-bond acceptors (Lipinski definition) is 4. The van der Waals surface area contributed by atoms with Crippen molar-refractivity contribution in [3.63, 3.8) is 0 Å². The zero-order chi connectivity index (χ0) is 14.6. The van der Waals surface area contributed by atoms with Crippen molar-refractivity contribution in [3.8, 4) is 0 Å². The average molecular weight is 302 g/mol. The molecule has 1 unspecified atom stereocenters. The molecule has 0 fully saturated rings. The summed E-state index contributed by atoms with van der Waals surface area (Å²) in [6, 6.07) is 9.38. The minimum absolute atomic E-state index is 0.152. The lowest BCUT2D eigenvalue weighted by atomic mass is 10.1. The third-order valence-corrected chi connectivity index (χ3v) is 3.59. The zero-order valence-corrected chi connectivity index (χ0v) is 11.2. The van der Waals surface area contributed by atoms with Crippen molar-refractivity contribution in [3.05, 3.63) is 47.0 Å². The molecule has 108 valence electrons. The maximum Gasteiger partial charge on any atom is 0.427 e. The minimum atomic E-state index is -4.37. The molecule has 1 heterocycles. The Morgan fingerprint density at radius 3 is 2.55 bits per heavy atom. The number of thiazole rings is 1. The highest BCUT2D eigenvalue weighted by Crippen LogP contribution is 2.34. The van der Waals surface area contributed by atoms with Crippen molar-refractivity contribution in [1.29, 1.82) is 0 Å². The number of hydrogen-bond donors (Lipinski definition) is 2. The molecule has 0 aliphatic carbocycles. The Balaban J connectivity index is 1.84. The van der Waals surface area contributed by atoms with Crippen LogP contribution in [-0.2, 0) is 12.6 Å². The molecule has 3 nitrogen and oxygen atoms in total. The number of aliphatic hydroxyl groups excluding tert-OH is 1. The van der Waals surface area contributed by atoms with Gasteiger partial charge in [-0.2, -0.15) is 13.2 Å². The Morgan fingerprint density at radius 2 is 1.95 bits per heavy atom. The highest BCUT2D eigenvalue weighted by atomic mass is 32.1. The highest BCUT2D eigenvalue weighted by Gasteiger charge is 2.33. The second-order valence-electron chi connectivity index (χ2n) is 4.25. The van der Waals surface area contributed by atoms with Crippen molar-refractivity contribution >= 4 is 16.5 Å². The lowest BCUT2D eigenvalue weighted by molar-refractivity contribution is -0.134. The van der Waals surface area contributed by atoms with Gasteiger partial charge < -0.3 is 10.4 Å². The molecule has 0 saturated heterocycles. The Kier molecular flexibility index (Phi) is 4.61. The summed E-state index contributed by atoms with van der Waals surface area (Å²) < 4.78 is 37.1. The maximum atomic E-state index is 12.4. The molecule has 0 radical (unpaired) electrons. The Hall–Kier alpha value is -1.60. The number of aliphatic hydroxyl groups is 1. The van der Waals surface area contributed by atoms with E-state index in [9.17, 15) is 18.3 Å². The van der Waals surface area contributed by atoms with Crippen molar-refractivity contribution in [2.45, 2.75) is 18.7 Å². The van der Waals surface area contributed by atoms with Crippen LogP contribution in [0.25, 0.3) is 0 Å². The van der Waals surface area contributed by atoms with E-state index in [0.29, 0.717) is 17.8 Å². The number of nitrogens with zero attached hydrogens (tertiary/aromatic N) is 1. The summed E-state index contributed by atoms with van der Waals surface area (Å²) in [7, 11) is 0. The highest BCUT2D eigenvalue weighted by molar-refractivity contribution is 7.15. The Labute approximate surface area is 118 Å². The van der Waals surface area contributed by atoms with Gasteiger partial charge in [-0.15, -0.1) is 0 Å². The second kappa shape index (κ2) is 6.23. The van der Waals surface area contributed by atoms with E-state index in [2.05, 4.69) is 10.3 Å². The Morgan fingerprint density at radius 1 is 1.25 bits per heavy atom. The number of benzene rings is 1. The SMILES string of the molecule is OC(CNc1ncc(C(F)(F)F)s1)Cc1ccccc1. The molecular weight excluding hydrogens is 289 g/mol. The summed E-state index contributed by atoms with van der Waals surface area (Å²) in [4.78, 5) is 2.89. The van der Waals surface area contributed by atoms with Gasteiger partial charge in [-0.25, -0.2) is 4.98 Å². The van der Waals surface area contributed by atoms with Gasteiger partial charge in [-0.05, 0) is 5.56 Å². The molecule has 0 amide bonds. The fourth-order valence-corrected chi connectivity index (χ4v) is 2.34. The smallest absolute Gasteiger partial charge is 0.391 e. The number of anilines is 1. The topological polar surface area (TPSA) is 45.1 Å². The quantitative estimate of drug-likeness (QED) is 0.891. The van der Waals surface area contributed by atoms with E-state index < -0.39 is 17.2 Å². The van der Waals surface area contributed by atoms with Crippen LogP contribution < -0.4 is 5.32 Å². The third kappa shape index (κ3) is 4.21. The first-order valence-corrected chi connectivity index (χ1v) is 6.75. The zero-order valence-electron chi connectivity index (χ0n) is 10.4. The lowest BCUT2D eigenvalue weighted by Crippen LogP contribution is -2.21. The van der Waals surface area contributed by atoms with Crippen molar-refractivity contribution in [2.24, 2.45) is 0 Å². The number of alkyl halides is 3. The standard InChI is InChI=1S/C13H13F3N2OS/c14-13(15,16)11-8-18-12(20-11)17-7-10(19)6-9-4-2-1-3-5-9/h1-5,8,10,19H,6-7H2,(H,17,18). The predicted octanol–water partition coefficient (Wildman–Crippen LogP) is 3.18. The number of nitrogens with one attached hydrogen (secondary N) is 1. The summed E-state index contributed by atoms with van der Waals surface area (Å²) >= 11 is 0.530. The largest absolute Gasteiger partial charge is 0.427 e. The number of halogens is 3. The van der Waals surface area contributed by atoms with E-state index in [1.807, 2.05) is 30.3 Å². The minimum Gasteiger partial charge on any atom is -0.391 e. The molecule has 0 spiro atoms. The normalized spacial score (nSPS) is 13.2. The molecule has 7 heteroatoms. The molecule has 2 N–H and O–H groups in total. The first-order valence-electron chi connectivity index (χ1n) is 5.94. The molecule has 0 saturated carbocycles. The van der Waals surface area contributed by atoms with Crippen LogP contribution in [0.2, 0.25) is 0 Å². The van der Waals surface area contributed by atoms with E-state index in [4.69, 9.17) is 0 Å². The van der Waals surface area contributed by atoms with Gasteiger partial charge >= 0.3 is 6.18 Å². The fourth-order valence-electron chi connectivity index (χ4n) is 1.65. The van der Waals surface area contributed by atoms with Crippen molar-refractivity contribution < 1.29 is 18.3 Å². The van der Waals surface area contributed by atoms with E-state index >= 15 is 0 Å². The van der Waals surface area contributed by atoms with Gasteiger partial charge in [0.05, 0.1) is 12.3 Å². The lowest BCUT2D eigenvalue weighted by Gasteiger charge is -2.11. The van der Waals surface area contributed by atoms with Crippen LogP contribution in [-0.4, -0.2) is 22.7 Å². The molecule has 1 aromatic carbocycles. The second-order valence-corrected chi connectivity index (χ2v) is 5.28. The van der Waals surface area contributed by atoms with Crippen LogP contribution in [0.5, 0.6) is 0 Å². The first kappa shape index (κ1) is 14.8.